The van der Waals surface area contributed by atoms with E-state index in [0.29, 0.717) is 13.1 Å². The van der Waals surface area contributed by atoms with Crippen LogP contribution in [0.5, 0.6) is 0 Å². The summed E-state index contributed by atoms with van der Waals surface area (Å²) >= 11 is 5.32. The molecule has 0 aromatic carbocycles. The molecule has 0 saturated carbocycles. The van der Waals surface area contributed by atoms with Gasteiger partial charge in [-0.3, -0.25) is 0 Å². The van der Waals surface area contributed by atoms with Crippen molar-refractivity contribution in [3.8, 4) is 0 Å². The van der Waals surface area contributed by atoms with E-state index in [1.165, 1.54) is 4.31 Å². The van der Waals surface area contributed by atoms with Crippen LogP contribution in [0.4, 0.5) is 0 Å². The molecule has 1 aliphatic heterocycles. The Balaban J connectivity index is 0.00000144. The Morgan fingerprint density at radius 2 is 1.69 bits per heavy atom. The predicted octanol–water partition coefficient (Wildman–Crippen LogP) is 0.182. The lowest BCUT2D eigenvalue weighted by molar-refractivity contribution is 0.223. The molecule has 1 heterocycles. The molecule has 13 heavy (non-hydrogen) atoms. The number of alkyl halides is 1. The number of nitrogens with zero attached hydrogens (tertiary/aromatic N) is 2. The highest BCUT2D eigenvalue weighted by Gasteiger charge is 2.24. The zero-order valence-electron chi connectivity index (χ0n) is 7.44. The lowest BCUT2D eigenvalue weighted by Gasteiger charge is -2.30. The second-order valence-electron chi connectivity index (χ2n) is 2.92. The summed E-state index contributed by atoms with van der Waals surface area (Å²) in [5, 5.41) is -0.309. The Hall–Kier alpha value is 0.450. The van der Waals surface area contributed by atoms with Crippen LogP contribution in [0.15, 0.2) is 0 Å². The number of hydrogen-bond acceptors (Lipinski definition) is 3. The number of sulfonamides is 1. The summed E-state index contributed by atoms with van der Waals surface area (Å²) in [6, 6.07) is 0. The molecule has 0 spiro atoms. The maximum absolute atomic E-state index is 11.2. The highest BCUT2D eigenvalue weighted by molar-refractivity contribution is 7.90. The Kier molecular flexibility index (Phi) is 5.55. The standard InChI is InChI=1S/C6H13ClN2O2S.ClH/c1-8-2-4-9(5-3-8)12(10,11)6-7;/h2-6H2,1H3;1H. The van der Waals surface area contributed by atoms with E-state index in [4.69, 9.17) is 11.6 Å². The minimum atomic E-state index is -3.17. The van der Waals surface area contributed by atoms with Crippen molar-refractivity contribution in [2.45, 2.75) is 0 Å². The molecule has 1 saturated heterocycles. The predicted molar refractivity (Wildman–Crippen MR) is 56.0 cm³/mol. The molecule has 1 aliphatic rings. The molecule has 0 unspecified atom stereocenters. The van der Waals surface area contributed by atoms with Gasteiger partial charge in [0.05, 0.1) is 0 Å². The van der Waals surface area contributed by atoms with Crippen LogP contribution >= 0.6 is 24.0 Å². The maximum atomic E-state index is 11.2. The molecule has 0 N–H and O–H groups in total. The van der Waals surface area contributed by atoms with Gasteiger partial charge in [0.25, 0.3) is 0 Å². The van der Waals surface area contributed by atoms with Gasteiger partial charge < -0.3 is 4.90 Å². The zero-order chi connectivity index (χ0) is 9.19. The van der Waals surface area contributed by atoms with Gasteiger partial charge in [-0.25, -0.2) is 8.42 Å². The molecule has 4 nitrogen and oxygen atoms in total. The summed E-state index contributed by atoms with van der Waals surface area (Å²) in [7, 11) is -1.20. The van der Waals surface area contributed by atoms with E-state index >= 15 is 0 Å². The van der Waals surface area contributed by atoms with E-state index in [1.807, 2.05) is 7.05 Å². The number of rotatable bonds is 2. The smallest absolute Gasteiger partial charge is 0.228 e. The fourth-order valence-electron chi connectivity index (χ4n) is 1.14. The minimum Gasteiger partial charge on any atom is -0.304 e. The van der Waals surface area contributed by atoms with Crippen molar-refractivity contribution >= 4 is 34.0 Å². The van der Waals surface area contributed by atoms with Gasteiger partial charge in [-0.05, 0) is 7.05 Å². The normalized spacial score (nSPS) is 21.1. The first-order valence-corrected chi connectivity index (χ1v) is 5.93. The zero-order valence-corrected chi connectivity index (χ0v) is 9.83. The Bertz CT molecular complexity index is 237. The average molecular weight is 249 g/mol. The maximum Gasteiger partial charge on any atom is 0.228 e. The largest absolute Gasteiger partial charge is 0.304 e. The van der Waals surface area contributed by atoms with Gasteiger partial charge in [-0.15, -0.1) is 24.0 Å². The number of likely N-dealkylation sites (N-methyl/N-ethyl adjacent to an activating group) is 1. The van der Waals surface area contributed by atoms with Crippen molar-refractivity contribution in [3.05, 3.63) is 0 Å². The van der Waals surface area contributed by atoms with Crippen LogP contribution in [-0.4, -0.2) is 56.1 Å². The Morgan fingerprint density at radius 3 is 2.08 bits per heavy atom. The number of hydrogen-bond donors (Lipinski definition) is 0. The molecule has 1 fully saturated rings. The second kappa shape index (κ2) is 5.36. The van der Waals surface area contributed by atoms with Crippen LogP contribution in [-0.2, 0) is 10.0 Å². The molecule has 0 aliphatic carbocycles. The first-order valence-electron chi connectivity index (χ1n) is 3.78. The van der Waals surface area contributed by atoms with Crippen molar-refractivity contribution in [2.24, 2.45) is 0 Å². The number of halogens is 2. The fourth-order valence-corrected chi connectivity index (χ4v) is 2.41. The van der Waals surface area contributed by atoms with Crippen molar-refractivity contribution in [1.29, 1.82) is 0 Å². The molecule has 0 aromatic heterocycles. The molecule has 0 bridgehead atoms. The summed E-state index contributed by atoms with van der Waals surface area (Å²) in [6.07, 6.45) is 0. The van der Waals surface area contributed by atoms with E-state index < -0.39 is 10.0 Å². The molecular formula is C6H14Cl2N2O2S. The molecule has 0 aromatic rings. The highest BCUT2D eigenvalue weighted by Crippen LogP contribution is 2.07. The Labute approximate surface area is 90.3 Å². The first-order chi connectivity index (χ1) is 5.56. The van der Waals surface area contributed by atoms with Gasteiger partial charge in [0.15, 0.2) is 0 Å². The third-order valence-corrected chi connectivity index (χ3v) is 4.25. The lowest BCUT2D eigenvalue weighted by Crippen LogP contribution is -2.47. The molecule has 0 amide bonds. The van der Waals surface area contributed by atoms with E-state index in [1.54, 1.807) is 0 Å². The summed E-state index contributed by atoms with van der Waals surface area (Å²) in [5.41, 5.74) is 0. The fraction of sp³-hybridized carbons (Fsp3) is 1.00. The van der Waals surface area contributed by atoms with Crippen molar-refractivity contribution in [2.75, 3.05) is 38.4 Å². The topological polar surface area (TPSA) is 40.6 Å². The van der Waals surface area contributed by atoms with Gasteiger partial charge >= 0.3 is 0 Å². The molecule has 0 radical (unpaired) electrons. The van der Waals surface area contributed by atoms with Crippen LogP contribution < -0.4 is 0 Å². The van der Waals surface area contributed by atoms with Crippen molar-refractivity contribution < 1.29 is 8.42 Å². The molecule has 1 rings (SSSR count). The van der Waals surface area contributed by atoms with Gasteiger partial charge in [0.1, 0.15) is 5.21 Å². The molecule has 80 valence electrons. The van der Waals surface area contributed by atoms with E-state index in [9.17, 15) is 8.42 Å². The van der Waals surface area contributed by atoms with E-state index in [2.05, 4.69) is 4.90 Å². The van der Waals surface area contributed by atoms with Crippen molar-refractivity contribution in [1.82, 2.24) is 9.21 Å². The van der Waals surface area contributed by atoms with Crippen LogP contribution in [0.25, 0.3) is 0 Å². The SMILES string of the molecule is CN1CCN(S(=O)(=O)CCl)CC1.Cl. The number of piperazine rings is 1. The lowest BCUT2D eigenvalue weighted by atomic mass is 10.4. The summed E-state index contributed by atoms with van der Waals surface area (Å²) in [5.74, 6) is 0. The van der Waals surface area contributed by atoms with E-state index in [-0.39, 0.29) is 17.6 Å². The van der Waals surface area contributed by atoms with Crippen LogP contribution in [0.2, 0.25) is 0 Å². The summed E-state index contributed by atoms with van der Waals surface area (Å²) in [4.78, 5) is 2.10. The summed E-state index contributed by atoms with van der Waals surface area (Å²) in [6.45, 7) is 2.70. The minimum absolute atomic E-state index is 0. The highest BCUT2D eigenvalue weighted by atomic mass is 35.5. The van der Waals surface area contributed by atoms with Gasteiger partial charge in [0, 0.05) is 26.2 Å². The molecule has 7 heteroatoms. The third kappa shape index (κ3) is 3.59. The van der Waals surface area contributed by atoms with Gasteiger partial charge in [0.2, 0.25) is 10.0 Å². The average Bonchev–Trinajstić information content (AvgIpc) is 2.05. The summed E-state index contributed by atoms with van der Waals surface area (Å²) < 4.78 is 23.9. The molecule has 0 atom stereocenters. The second-order valence-corrected chi connectivity index (χ2v) is 5.48. The van der Waals surface area contributed by atoms with Crippen molar-refractivity contribution in [3.63, 3.8) is 0 Å². The monoisotopic (exact) mass is 248 g/mol. The van der Waals surface area contributed by atoms with Gasteiger partial charge in [-0.1, -0.05) is 0 Å². The van der Waals surface area contributed by atoms with Crippen LogP contribution in [0, 0.1) is 0 Å². The quantitative estimate of drug-likeness (QED) is 0.655. The van der Waals surface area contributed by atoms with Crippen LogP contribution in [0.1, 0.15) is 0 Å². The van der Waals surface area contributed by atoms with E-state index in [0.717, 1.165) is 13.1 Å². The molecular weight excluding hydrogens is 235 g/mol. The van der Waals surface area contributed by atoms with Crippen LogP contribution in [0.3, 0.4) is 0 Å². The Morgan fingerprint density at radius 1 is 1.23 bits per heavy atom. The third-order valence-electron chi connectivity index (χ3n) is 1.99. The van der Waals surface area contributed by atoms with Gasteiger partial charge in [-0.2, -0.15) is 4.31 Å². The first kappa shape index (κ1) is 13.4.